The lowest BCUT2D eigenvalue weighted by Crippen LogP contribution is -2.42. The van der Waals surface area contributed by atoms with Crippen molar-refractivity contribution in [2.24, 2.45) is 0 Å². The summed E-state index contributed by atoms with van der Waals surface area (Å²) in [5.41, 5.74) is 2.59. The van der Waals surface area contributed by atoms with E-state index < -0.39 is 5.82 Å². The van der Waals surface area contributed by atoms with Gasteiger partial charge in [0.1, 0.15) is 17.2 Å². The van der Waals surface area contributed by atoms with Crippen LogP contribution in [0.4, 0.5) is 10.1 Å². The highest BCUT2D eigenvalue weighted by Gasteiger charge is 2.34. The SMILES string of the molecule is Cc1ccc2c(c1)[C@@H](NC(=S)Nc1ccc(F)c(Cl)c1)CC(C)(C)O2. The van der Waals surface area contributed by atoms with E-state index in [1.54, 1.807) is 6.07 Å². The van der Waals surface area contributed by atoms with Gasteiger partial charge in [0.25, 0.3) is 0 Å². The molecular weight excluding hydrogens is 359 g/mol. The van der Waals surface area contributed by atoms with Crippen molar-refractivity contribution in [1.29, 1.82) is 0 Å². The van der Waals surface area contributed by atoms with E-state index in [4.69, 9.17) is 28.6 Å². The molecular formula is C19H20ClFN2OS. The van der Waals surface area contributed by atoms with Gasteiger partial charge in [-0.15, -0.1) is 0 Å². The highest BCUT2D eigenvalue weighted by Crippen LogP contribution is 2.39. The van der Waals surface area contributed by atoms with Gasteiger partial charge >= 0.3 is 0 Å². The van der Waals surface area contributed by atoms with Crippen molar-refractivity contribution < 1.29 is 9.13 Å². The molecule has 0 unspecified atom stereocenters. The summed E-state index contributed by atoms with van der Waals surface area (Å²) >= 11 is 11.2. The number of rotatable bonds is 2. The predicted molar refractivity (Wildman–Crippen MR) is 104 cm³/mol. The number of nitrogens with one attached hydrogen (secondary N) is 2. The topological polar surface area (TPSA) is 33.3 Å². The second-order valence-electron chi connectivity index (χ2n) is 6.89. The third-order valence-corrected chi connectivity index (χ3v) is 4.62. The molecule has 0 fully saturated rings. The maximum atomic E-state index is 13.3. The van der Waals surface area contributed by atoms with Crippen molar-refractivity contribution in [2.75, 3.05) is 5.32 Å². The quantitative estimate of drug-likeness (QED) is 0.688. The highest BCUT2D eigenvalue weighted by molar-refractivity contribution is 7.80. The van der Waals surface area contributed by atoms with Crippen molar-refractivity contribution >= 4 is 34.6 Å². The summed E-state index contributed by atoms with van der Waals surface area (Å²) in [6, 6.07) is 10.6. The van der Waals surface area contributed by atoms with E-state index in [2.05, 4.69) is 30.5 Å². The number of hydrogen-bond donors (Lipinski definition) is 2. The summed E-state index contributed by atoms with van der Waals surface area (Å²) in [5.74, 6) is 0.411. The molecule has 6 heteroatoms. The minimum absolute atomic E-state index is 0.0228. The highest BCUT2D eigenvalue weighted by atomic mass is 35.5. The van der Waals surface area contributed by atoms with Crippen molar-refractivity contribution in [1.82, 2.24) is 5.32 Å². The van der Waals surface area contributed by atoms with E-state index in [1.807, 2.05) is 19.1 Å². The molecule has 0 saturated heterocycles. The Morgan fingerprint density at radius 2 is 2.04 bits per heavy atom. The zero-order valence-corrected chi connectivity index (χ0v) is 15.9. The van der Waals surface area contributed by atoms with Crippen LogP contribution < -0.4 is 15.4 Å². The molecule has 0 aromatic heterocycles. The Kier molecular flexibility index (Phi) is 4.89. The van der Waals surface area contributed by atoms with Gasteiger partial charge in [-0.05, 0) is 57.3 Å². The van der Waals surface area contributed by atoms with Crippen LogP contribution in [0.5, 0.6) is 5.75 Å². The molecule has 2 aromatic rings. The fraction of sp³-hybridized carbons (Fsp3) is 0.316. The number of hydrogen-bond acceptors (Lipinski definition) is 2. The zero-order chi connectivity index (χ0) is 18.2. The van der Waals surface area contributed by atoms with Gasteiger partial charge < -0.3 is 15.4 Å². The molecule has 3 nitrogen and oxygen atoms in total. The number of halogens is 2. The molecule has 3 rings (SSSR count). The van der Waals surface area contributed by atoms with Crippen LogP contribution in [0.15, 0.2) is 36.4 Å². The van der Waals surface area contributed by atoms with Crippen molar-refractivity contribution in [3.63, 3.8) is 0 Å². The monoisotopic (exact) mass is 378 g/mol. The number of anilines is 1. The second-order valence-corrected chi connectivity index (χ2v) is 7.70. The average molecular weight is 379 g/mol. The summed E-state index contributed by atoms with van der Waals surface area (Å²) in [7, 11) is 0. The molecule has 1 atom stereocenters. The third-order valence-electron chi connectivity index (χ3n) is 4.11. The van der Waals surface area contributed by atoms with Crippen molar-refractivity contribution in [3.8, 4) is 5.75 Å². The van der Waals surface area contributed by atoms with Gasteiger partial charge in [0.2, 0.25) is 0 Å². The van der Waals surface area contributed by atoms with Crippen LogP contribution in [-0.2, 0) is 0 Å². The Balaban J connectivity index is 1.78. The smallest absolute Gasteiger partial charge is 0.171 e. The Morgan fingerprint density at radius 3 is 2.76 bits per heavy atom. The maximum absolute atomic E-state index is 13.3. The molecule has 1 aliphatic heterocycles. The van der Waals surface area contributed by atoms with Crippen molar-refractivity contribution in [3.05, 3.63) is 58.4 Å². The fourth-order valence-electron chi connectivity index (χ4n) is 3.00. The first kappa shape index (κ1) is 18.0. The molecule has 2 N–H and O–H groups in total. The lowest BCUT2D eigenvalue weighted by molar-refractivity contribution is 0.0696. The largest absolute Gasteiger partial charge is 0.487 e. The first-order valence-electron chi connectivity index (χ1n) is 8.06. The molecule has 25 heavy (non-hydrogen) atoms. The lowest BCUT2D eigenvalue weighted by Gasteiger charge is -2.38. The van der Waals surface area contributed by atoms with E-state index in [-0.39, 0.29) is 16.7 Å². The minimum atomic E-state index is -0.457. The molecule has 0 spiro atoms. The molecule has 132 valence electrons. The standard InChI is InChI=1S/C19H20ClFN2OS/c1-11-4-7-17-13(8-11)16(10-19(2,3)24-17)23-18(25)22-12-5-6-15(21)14(20)9-12/h4-9,16H,10H2,1-3H3,(H2,22,23,25)/t16-/m0/s1. The number of ether oxygens (including phenoxy) is 1. The van der Waals surface area contributed by atoms with Crippen LogP contribution in [-0.4, -0.2) is 10.7 Å². The maximum Gasteiger partial charge on any atom is 0.171 e. The number of benzene rings is 2. The van der Waals surface area contributed by atoms with E-state index in [9.17, 15) is 4.39 Å². The number of aryl methyl sites for hydroxylation is 1. The molecule has 0 aliphatic carbocycles. The van der Waals surface area contributed by atoms with Gasteiger partial charge in [-0.1, -0.05) is 29.3 Å². The van der Waals surface area contributed by atoms with Gasteiger partial charge in [0.15, 0.2) is 5.11 Å². The van der Waals surface area contributed by atoms with Gasteiger partial charge in [-0.3, -0.25) is 0 Å². The van der Waals surface area contributed by atoms with Crippen LogP contribution in [0.1, 0.15) is 37.4 Å². The lowest BCUT2D eigenvalue weighted by atomic mass is 9.89. The summed E-state index contributed by atoms with van der Waals surface area (Å²) in [6.07, 6.45) is 0.773. The van der Waals surface area contributed by atoms with Gasteiger partial charge in [-0.25, -0.2) is 4.39 Å². The van der Waals surface area contributed by atoms with Crippen LogP contribution in [0, 0.1) is 12.7 Å². The van der Waals surface area contributed by atoms with Crippen LogP contribution in [0.25, 0.3) is 0 Å². The average Bonchev–Trinajstić information content (AvgIpc) is 2.51. The van der Waals surface area contributed by atoms with Crippen LogP contribution in [0.3, 0.4) is 0 Å². The number of fused-ring (bicyclic) bond motifs is 1. The summed E-state index contributed by atoms with van der Waals surface area (Å²) < 4.78 is 19.3. The normalized spacial score (nSPS) is 18.0. The van der Waals surface area contributed by atoms with E-state index >= 15 is 0 Å². The second kappa shape index (κ2) is 6.81. The molecule has 0 saturated carbocycles. The predicted octanol–water partition coefficient (Wildman–Crippen LogP) is 5.38. The minimum Gasteiger partial charge on any atom is -0.487 e. The van der Waals surface area contributed by atoms with Gasteiger partial charge in [-0.2, -0.15) is 0 Å². The summed E-state index contributed by atoms with van der Waals surface area (Å²) in [5, 5.41) is 6.92. The summed E-state index contributed by atoms with van der Waals surface area (Å²) in [6.45, 7) is 6.16. The molecule has 1 aliphatic rings. The van der Waals surface area contributed by atoms with Crippen LogP contribution in [0.2, 0.25) is 5.02 Å². The first-order chi connectivity index (χ1) is 11.7. The number of thiocarbonyl (C=S) groups is 1. The zero-order valence-electron chi connectivity index (χ0n) is 14.3. The Bertz CT molecular complexity index is 825. The molecule has 1 heterocycles. The Labute approximate surface area is 157 Å². The molecule has 0 radical (unpaired) electrons. The van der Waals surface area contributed by atoms with Gasteiger partial charge in [0, 0.05) is 17.7 Å². The van der Waals surface area contributed by atoms with E-state index in [0.717, 1.165) is 23.3 Å². The first-order valence-corrected chi connectivity index (χ1v) is 8.84. The molecule has 2 aromatic carbocycles. The van der Waals surface area contributed by atoms with Crippen LogP contribution >= 0.6 is 23.8 Å². The third kappa shape index (κ3) is 4.22. The molecule has 0 amide bonds. The Hall–Kier alpha value is -1.85. The van der Waals surface area contributed by atoms with E-state index in [1.165, 1.54) is 12.1 Å². The van der Waals surface area contributed by atoms with Crippen molar-refractivity contribution in [2.45, 2.75) is 38.8 Å². The molecule has 0 bridgehead atoms. The summed E-state index contributed by atoms with van der Waals surface area (Å²) in [4.78, 5) is 0. The Morgan fingerprint density at radius 1 is 1.28 bits per heavy atom. The van der Waals surface area contributed by atoms with E-state index in [0.29, 0.717) is 10.8 Å². The fourth-order valence-corrected chi connectivity index (χ4v) is 3.44. The van der Waals surface area contributed by atoms with Gasteiger partial charge in [0.05, 0.1) is 11.1 Å².